The number of methoxy groups -OCH3 is 1. The van der Waals surface area contributed by atoms with E-state index in [2.05, 4.69) is 10.3 Å². The molecular formula is C26H31ClN4O5S. The third-order valence-corrected chi connectivity index (χ3v) is 7.50. The summed E-state index contributed by atoms with van der Waals surface area (Å²) in [6.45, 7) is 6.87. The van der Waals surface area contributed by atoms with Crippen LogP contribution < -0.4 is 19.9 Å². The van der Waals surface area contributed by atoms with Crippen LogP contribution in [0.3, 0.4) is 0 Å². The zero-order chi connectivity index (χ0) is 27.0. The van der Waals surface area contributed by atoms with Crippen LogP contribution in [0, 0.1) is 5.41 Å². The Bertz CT molecular complexity index is 1410. The maximum atomic E-state index is 13.6. The number of nitrogens with two attached hydrogens (primary N) is 1. The van der Waals surface area contributed by atoms with Crippen LogP contribution in [0.4, 0.5) is 5.69 Å². The molecule has 198 valence electrons. The van der Waals surface area contributed by atoms with Crippen molar-refractivity contribution < 1.29 is 22.7 Å². The van der Waals surface area contributed by atoms with E-state index in [-0.39, 0.29) is 16.9 Å². The van der Waals surface area contributed by atoms with Gasteiger partial charge in [0.15, 0.2) is 0 Å². The molecule has 11 heteroatoms. The Labute approximate surface area is 222 Å². The first-order valence-corrected chi connectivity index (χ1v) is 13.8. The maximum Gasteiger partial charge on any atom is 0.245 e. The van der Waals surface area contributed by atoms with E-state index >= 15 is 0 Å². The summed E-state index contributed by atoms with van der Waals surface area (Å²) >= 11 is 6.22. The number of likely N-dealkylation sites (tertiary alicyclic amines) is 1. The van der Waals surface area contributed by atoms with E-state index in [0.29, 0.717) is 41.8 Å². The molecule has 4 rings (SSSR count). The van der Waals surface area contributed by atoms with Gasteiger partial charge in [0.05, 0.1) is 24.7 Å². The molecule has 1 aliphatic rings. The molecule has 37 heavy (non-hydrogen) atoms. The number of hydrogen-bond donors (Lipinski definition) is 2. The van der Waals surface area contributed by atoms with Crippen molar-refractivity contribution in [3.63, 3.8) is 0 Å². The number of hydrogen-bond acceptors (Lipinski definition) is 7. The standard InChI is InChI=1S/C26H31ClN4O5S/c1-26(2,3)23(30-17-6-8-19(9-7-17)37(28,33)34)25(32)31-12-11-18(15-31)36-24-21-13-16(27)5-10-20(21)22(35-4)14-29-24/h5-10,13-14,18,23,30H,11-12,15H2,1-4H3,(H2,28,33,34)/t18-,23-/m1/s1. The van der Waals surface area contributed by atoms with Gasteiger partial charge in [-0.3, -0.25) is 4.79 Å². The molecule has 0 radical (unpaired) electrons. The number of primary sulfonamides is 1. The molecule has 2 atom stereocenters. The van der Waals surface area contributed by atoms with E-state index in [4.69, 9.17) is 26.2 Å². The number of halogens is 1. The van der Waals surface area contributed by atoms with Gasteiger partial charge >= 0.3 is 0 Å². The summed E-state index contributed by atoms with van der Waals surface area (Å²) < 4.78 is 34.8. The van der Waals surface area contributed by atoms with Crippen LogP contribution in [0.5, 0.6) is 11.6 Å². The Balaban J connectivity index is 1.49. The number of benzene rings is 2. The first-order chi connectivity index (χ1) is 17.4. The van der Waals surface area contributed by atoms with E-state index in [0.717, 1.165) is 10.8 Å². The molecule has 0 saturated carbocycles. The predicted molar refractivity (Wildman–Crippen MR) is 144 cm³/mol. The van der Waals surface area contributed by atoms with Crippen LogP contribution in [0.1, 0.15) is 27.2 Å². The molecular weight excluding hydrogens is 516 g/mol. The maximum absolute atomic E-state index is 13.6. The lowest BCUT2D eigenvalue weighted by Crippen LogP contribution is -2.49. The van der Waals surface area contributed by atoms with Crippen LogP contribution >= 0.6 is 11.6 Å². The second-order valence-corrected chi connectivity index (χ2v) is 12.1. The molecule has 2 aromatic carbocycles. The molecule has 0 unspecified atom stereocenters. The van der Waals surface area contributed by atoms with Gasteiger partial charge in [0.25, 0.3) is 0 Å². The number of pyridine rings is 1. The van der Waals surface area contributed by atoms with Crippen molar-refractivity contribution in [2.24, 2.45) is 10.6 Å². The van der Waals surface area contributed by atoms with E-state index in [1.54, 1.807) is 42.5 Å². The van der Waals surface area contributed by atoms with Crippen LogP contribution in [0.15, 0.2) is 53.6 Å². The molecule has 3 aromatic rings. The van der Waals surface area contributed by atoms with E-state index < -0.39 is 21.5 Å². The summed E-state index contributed by atoms with van der Waals surface area (Å²) in [6, 6.07) is 10.9. The Kier molecular flexibility index (Phi) is 7.55. The largest absolute Gasteiger partial charge is 0.494 e. The normalized spacial score (nSPS) is 17.0. The third kappa shape index (κ3) is 6.08. The van der Waals surface area contributed by atoms with E-state index in [1.165, 1.54) is 12.1 Å². The van der Waals surface area contributed by atoms with E-state index in [9.17, 15) is 13.2 Å². The molecule has 1 aromatic heterocycles. The Morgan fingerprint density at radius 3 is 2.51 bits per heavy atom. The summed E-state index contributed by atoms with van der Waals surface area (Å²) in [5.74, 6) is 1.00. The Morgan fingerprint density at radius 1 is 1.19 bits per heavy atom. The monoisotopic (exact) mass is 546 g/mol. The molecule has 0 spiro atoms. The summed E-state index contributed by atoms with van der Waals surface area (Å²) in [7, 11) is -2.21. The van der Waals surface area contributed by atoms with Crippen molar-refractivity contribution in [2.75, 3.05) is 25.5 Å². The van der Waals surface area contributed by atoms with E-state index in [1.807, 2.05) is 26.8 Å². The first-order valence-electron chi connectivity index (χ1n) is 11.8. The number of carbonyl (C=O) groups is 1. The lowest BCUT2D eigenvalue weighted by Gasteiger charge is -2.34. The lowest BCUT2D eigenvalue weighted by atomic mass is 9.85. The fourth-order valence-corrected chi connectivity index (χ4v) is 5.03. The van der Waals surface area contributed by atoms with Crippen LogP contribution in [0.25, 0.3) is 10.8 Å². The highest BCUT2D eigenvalue weighted by molar-refractivity contribution is 7.89. The molecule has 1 saturated heterocycles. The number of nitrogens with zero attached hydrogens (tertiary/aromatic N) is 2. The zero-order valence-corrected chi connectivity index (χ0v) is 22.8. The molecule has 2 heterocycles. The smallest absolute Gasteiger partial charge is 0.245 e. The number of sulfonamides is 1. The van der Waals surface area contributed by atoms with Gasteiger partial charge in [-0.05, 0) is 47.9 Å². The molecule has 1 aliphatic heterocycles. The first kappa shape index (κ1) is 27.0. The molecule has 1 fully saturated rings. The van der Waals surface area contributed by atoms with Gasteiger partial charge in [0.1, 0.15) is 17.9 Å². The highest BCUT2D eigenvalue weighted by Gasteiger charge is 2.38. The third-order valence-electron chi connectivity index (χ3n) is 6.34. The van der Waals surface area contributed by atoms with Gasteiger partial charge in [-0.15, -0.1) is 0 Å². The van der Waals surface area contributed by atoms with Crippen LogP contribution in [0.2, 0.25) is 5.02 Å². The quantitative estimate of drug-likeness (QED) is 0.458. The Hall–Kier alpha value is -3.08. The number of ether oxygens (including phenoxy) is 2. The lowest BCUT2D eigenvalue weighted by molar-refractivity contribution is -0.133. The SMILES string of the molecule is COc1cnc(O[C@@H]2CCN(C(=O)[C@@H](Nc3ccc(S(N)(=O)=O)cc3)C(C)(C)C)C2)c2cc(Cl)ccc12. The zero-order valence-electron chi connectivity index (χ0n) is 21.2. The van der Waals surface area contributed by atoms with Crippen molar-refractivity contribution in [2.45, 2.75) is 44.2 Å². The minimum absolute atomic E-state index is 0.0113. The van der Waals surface area contributed by atoms with Gasteiger partial charge < -0.3 is 19.7 Å². The van der Waals surface area contributed by atoms with Crippen LogP contribution in [-0.2, 0) is 14.8 Å². The number of rotatable bonds is 7. The fraction of sp³-hybridized carbons (Fsp3) is 0.385. The summed E-state index contributed by atoms with van der Waals surface area (Å²) in [5, 5.41) is 10.6. The number of nitrogens with one attached hydrogen (secondary N) is 1. The predicted octanol–water partition coefficient (Wildman–Crippen LogP) is 4.05. The molecule has 1 amide bonds. The van der Waals surface area contributed by atoms with Gasteiger partial charge in [-0.1, -0.05) is 32.4 Å². The van der Waals surface area contributed by atoms with Gasteiger partial charge in [-0.2, -0.15) is 0 Å². The summed E-state index contributed by atoms with van der Waals surface area (Å²) in [6.07, 6.45) is 2.03. The Morgan fingerprint density at radius 2 is 1.89 bits per heavy atom. The highest BCUT2D eigenvalue weighted by Crippen LogP contribution is 2.34. The average Bonchev–Trinajstić information content (AvgIpc) is 3.30. The number of aromatic nitrogens is 1. The minimum atomic E-state index is -3.79. The average molecular weight is 547 g/mol. The molecule has 0 bridgehead atoms. The number of carbonyl (C=O) groups excluding carboxylic acids is 1. The molecule has 3 N–H and O–H groups in total. The summed E-state index contributed by atoms with van der Waals surface area (Å²) in [5.41, 5.74) is 0.206. The number of anilines is 1. The number of fused-ring (bicyclic) bond motifs is 1. The second-order valence-electron chi connectivity index (χ2n) is 10.1. The molecule has 0 aliphatic carbocycles. The fourth-order valence-electron chi connectivity index (χ4n) is 4.34. The highest BCUT2D eigenvalue weighted by atomic mass is 35.5. The van der Waals surface area contributed by atoms with Gasteiger partial charge in [0, 0.05) is 34.4 Å². The van der Waals surface area contributed by atoms with Gasteiger partial charge in [0.2, 0.25) is 21.8 Å². The minimum Gasteiger partial charge on any atom is -0.494 e. The van der Waals surface area contributed by atoms with Crippen molar-refractivity contribution >= 4 is 44.0 Å². The molecule has 9 nitrogen and oxygen atoms in total. The summed E-state index contributed by atoms with van der Waals surface area (Å²) in [4.78, 5) is 19.8. The van der Waals surface area contributed by atoms with Crippen molar-refractivity contribution in [3.05, 3.63) is 53.7 Å². The number of amides is 1. The second kappa shape index (κ2) is 10.4. The topological polar surface area (TPSA) is 124 Å². The van der Waals surface area contributed by atoms with Gasteiger partial charge in [-0.25, -0.2) is 18.5 Å². The van der Waals surface area contributed by atoms with Crippen LogP contribution in [-0.4, -0.2) is 56.6 Å². The van der Waals surface area contributed by atoms with Crippen molar-refractivity contribution in [3.8, 4) is 11.6 Å². The van der Waals surface area contributed by atoms with Crippen molar-refractivity contribution in [1.29, 1.82) is 0 Å². The van der Waals surface area contributed by atoms with Crippen molar-refractivity contribution in [1.82, 2.24) is 9.88 Å².